The summed E-state index contributed by atoms with van der Waals surface area (Å²) < 4.78 is 2.02. The SMILES string of the molecule is CN=C(NCc1cn2ccccc2n1)NCc1sccc1C. The zero-order chi connectivity index (χ0) is 15.4. The number of imidazole rings is 1. The van der Waals surface area contributed by atoms with Gasteiger partial charge in [-0.25, -0.2) is 4.98 Å². The van der Waals surface area contributed by atoms with Crippen LogP contribution in [0.15, 0.2) is 47.0 Å². The van der Waals surface area contributed by atoms with Gasteiger partial charge in [0.25, 0.3) is 0 Å². The van der Waals surface area contributed by atoms with Crippen LogP contribution in [0, 0.1) is 6.92 Å². The van der Waals surface area contributed by atoms with Crippen LogP contribution in [-0.4, -0.2) is 22.4 Å². The molecule has 0 aliphatic rings. The molecule has 0 amide bonds. The average Bonchev–Trinajstić information content (AvgIpc) is 3.13. The molecule has 0 aromatic carbocycles. The van der Waals surface area contributed by atoms with Gasteiger partial charge in [-0.05, 0) is 36.1 Å². The van der Waals surface area contributed by atoms with Crippen LogP contribution in [0.25, 0.3) is 5.65 Å². The summed E-state index contributed by atoms with van der Waals surface area (Å²) >= 11 is 1.76. The first-order chi connectivity index (χ1) is 10.8. The molecule has 0 aliphatic heterocycles. The summed E-state index contributed by atoms with van der Waals surface area (Å²) in [5.74, 6) is 0.782. The molecule has 0 aliphatic carbocycles. The normalized spacial score (nSPS) is 11.8. The Hall–Kier alpha value is -2.34. The third-order valence-corrected chi connectivity index (χ3v) is 4.48. The number of fused-ring (bicyclic) bond motifs is 1. The molecule has 0 atom stereocenters. The highest BCUT2D eigenvalue weighted by atomic mass is 32.1. The van der Waals surface area contributed by atoms with Crippen LogP contribution < -0.4 is 10.6 Å². The molecule has 3 rings (SSSR count). The summed E-state index contributed by atoms with van der Waals surface area (Å²) in [5.41, 5.74) is 3.26. The molecule has 5 nitrogen and oxygen atoms in total. The van der Waals surface area contributed by atoms with Crippen molar-refractivity contribution in [2.24, 2.45) is 4.99 Å². The number of aromatic nitrogens is 2. The number of pyridine rings is 1. The Kier molecular flexibility index (Phi) is 4.39. The Morgan fingerprint density at radius 2 is 2.14 bits per heavy atom. The van der Waals surface area contributed by atoms with E-state index in [1.165, 1.54) is 10.4 Å². The molecule has 0 fully saturated rings. The number of aryl methyl sites for hydroxylation is 1. The molecule has 3 heterocycles. The van der Waals surface area contributed by atoms with Crippen LogP contribution >= 0.6 is 11.3 Å². The highest BCUT2D eigenvalue weighted by Gasteiger charge is 2.04. The number of nitrogens with zero attached hydrogens (tertiary/aromatic N) is 3. The van der Waals surface area contributed by atoms with Gasteiger partial charge in [-0.1, -0.05) is 6.07 Å². The van der Waals surface area contributed by atoms with Gasteiger partial charge >= 0.3 is 0 Å². The molecular formula is C16H19N5S. The van der Waals surface area contributed by atoms with Gasteiger partial charge in [-0.15, -0.1) is 11.3 Å². The number of aliphatic imine (C=N–C) groups is 1. The van der Waals surface area contributed by atoms with E-state index in [1.54, 1.807) is 18.4 Å². The van der Waals surface area contributed by atoms with Crippen LogP contribution in [-0.2, 0) is 13.1 Å². The molecular weight excluding hydrogens is 294 g/mol. The Balaban J connectivity index is 1.58. The second-order valence-corrected chi connectivity index (χ2v) is 6.01. The lowest BCUT2D eigenvalue weighted by molar-refractivity contribution is 0.802. The van der Waals surface area contributed by atoms with Gasteiger partial charge in [0.05, 0.1) is 18.8 Å². The summed E-state index contributed by atoms with van der Waals surface area (Å²) in [4.78, 5) is 10.1. The molecule has 3 aromatic rings. The van der Waals surface area contributed by atoms with Crippen molar-refractivity contribution < 1.29 is 0 Å². The van der Waals surface area contributed by atoms with E-state index in [0.29, 0.717) is 6.54 Å². The predicted octanol–water partition coefficient (Wildman–Crippen LogP) is 2.57. The van der Waals surface area contributed by atoms with Gasteiger partial charge in [0, 0.05) is 24.3 Å². The van der Waals surface area contributed by atoms with E-state index in [0.717, 1.165) is 23.8 Å². The minimum atomic E-state index is 0.644. The predicted molar refractivity (Wildman–Crippen MR) is 91.3 cm³/mol. The Morgan fingerprint density at radius 1 is 1.27 bits per heavy atom. The minimum absolute atomic E-state index is 0.644. The summed E-state index contributed by atoms with van der Waals surface area (Å²) in [6.45, 7) is 3.56. The maximum absolute atomic E-state index is 4.56. The second-order valence-electron chi connectivity index (χ2n) is 5.00. The van der Waals surface area contributed by atoms with Crippen molar-refractivity contribution in [2.45, 2.75) is 20.0 Å². The molecule has 0 saturated heterocycles. The van der Waals surface area contributed by atoms with Crippen LogP contribution in [0.5, 0.6) is 0 Å². The lowest BCUT2D eigenvalue weighted by atomic mass is 10.3. The number of rotatable bonds is 4. The fourth-order valence-corrected chi connectivity index (χ4v) is 3.06. The number of hydrogen-bond acceptors (Lipinski definition) is 3. The van der Waals surface area contributed by atoms with E-state index < -0.39 is 0 Å². The quantitative estimate of drug-likeness (QED) is 0.575. The molecule has 114 valence electrons. The van der Waals surface area contributed by atoms with Gasteiger partial charge in [-0.3, -0.25) is 4.99 Å². The zero-order valence-electron chi connectivity index (χ0n) is 12.7. The lowest BCUT2D eigenvalue weighted by Crippen LogP contribution is -2.36. The molecule has 0 spiro atoms. The zero-order valence-corrected chi connectivity index (χ0v) is 13.5. The van der Waals surface area contributed by atoms with E-state index in [4.69, 9.17) is 0 Å². The topological polar surface area (TPSA) is 53.7 Å². The van der Waals surface area contributed by atoms with Crippen LogP contribution in [0.4, 0.5) is 0 Å². The van der Waals surface area contributed by atoms with Crippen molar-refractivity contribution in [1.29, 1.82) is 0 Å². The number of thiophene rings is 1. The van der Waals surface area contributed by atoms with Gasteiger partial charge in [0.15, 0.2) is 5.96 Å². The van der Waals surface area contributed by atoms with Gasteiger partial charge in [0.1, 0.15) is 5.65 Å². The summed E-state index contributed by atoms with van der Waals surface area (Å²) in [7, 11) is 1.78. The summed E-state index contributed by atoms with van der Waals surface area (Å²) in [6.07, 6.45) is 4.03. The number of hydrogen-bond donors (Lipinski definition) is 2. The number of guanidine groups is 1. The molecule has 0 unspecified atom stereocenters. The standard InChI is InChI=1S/C16H19N5S/c1-12-6-8-22-14(12)10-19-16(17-2)18-9-13-11-21-7-4-3-5-15(21)20-13/h3-8,11H,9-10H2,1-2H3,(H2,17,18,19). The third kappa shape index (κ3) is 3.28. The van der Waals surface area contributed by atoms with Crippen molar-refractivity contribution in [3.8, 4) is 0 Å². The lowest BCUT2D eigenvalue weighted by Gasteiger charge is -2.10. The van der Waals surface area contributed by atoms with Crippen molar-refractivity contribution in [3.63, 3.8) is 0 Å². The highest BCUT2D eigenvalue weighted by Crippen LogP contribution is 2.14. The Bertz CT molecular complexity index is 754. The van der Waals surface area contributed by atoms with E-state index in [9.17, 15) is 0 Å². The smallest absolute Gasteiger partial charge is 0.191 e. The van der Waals surface area contributed by atoms with Crippen LogP contribution in [0.2, 0.25) is 0 Å². The van der Waals surface area contributed by atoms with Gasteiger partial charge in [0.2, 0.25) is 0 Å². The molecule has 6 heteroatoms. The van der Waals surface area contributed by atoms with Crippen molar-refractivity contribution in [2.75, 3.05) is 7.05 Å². The van der Waals surface area contributed by atoms with E-state index >= 15 is 0 Å². The van der Waals surface area contributed by atoms with E-state index in [-0.39, 0.29) is 0 Å². The largest absolute Gasteiger partial charge is 0.352 e. The van der Waals surface area contributed by atoms with E-state index in [2.05, 4.69) is 39.0 Å². The van der Waals surface area contributed by atoms with Crippen molar-refractivity contribution >= 4 is 22.9 Å². The van der Waals surface area contributed by atoms with Crippen molar-refractivity contribution in [3.05, 3.63) is 58.2 Å². The fraction of sp³-hybridized carbons (Fsp3) is 0.250. The molecule has 0 saturated carbocycles. The van der Waals surface area contributed by atoms with Gasteiger partial charge in [-0.2, -0.15) is 0 Å². The summed E-state index contributed by atoms with van der Waals surface area (Å²) in [6, 6.07) is 8.11. The minimum Gasteiger partial charge on any atom is -0.352 e. The molecule has 0 bridgehead atoms. The van der Waals surface area contributed by atoms with E-state index in [1.807, 2.05) is 35.0 Å². The average molecular weight is 313 g/mol. The first kappa shape index (κ1) is 14.6. The fourth-order valence-electron chi connectivity index (χ4n) is 2.22. The third-order valence-electron chi connectivity index (χ3n) is 3.46. The summed E-state index contributed by atoms with van der Waals surface area (Å²) in [5, 5.41) is 8.74. The van der Waals surface area contributed by atoms with Crippen LogP contribution in [0.3, 0.4) is 0 Å². The monoisotopic (exact) mass is 313 g/mol. The molecule has 3 aromatic heterocycles. The second kappa shape index (κ2) is 6.62. The maximum Gasteiger partial charge on any atom is 0.191 e. The molecule has 22 heavy (non-hydrogen) atoms. The molecule has 2 N–H and O–H groups in total. The maximum atomic E-state index is 4.56. The Morgan fingerprint density at radius 3 is 2.86 bits per heavy atom. The first-order valence-corrected chi connectivity index (χ1v) is 8.04. The Labute approximate surface area is 133 Å². The van der Waals surface area contributed by atoms with Crippen molar-refractivity contribution in [1.82, 2.24) is 20.0 Å². The molecule has 0 radical (unpaired) electrons. The number of nitrogens with one attached hydrogen (secondary N) is 2. The van der Waals surface area contributed by atoms with Crippen LogP contribution in [0.1, 0.15) is 16.1 Å². The first-order valence-electron chi connectivity index (χ1n) is 7.16. The van der Waals surface area contributed by atoms with Gasteiger partial charge < -0.3 is 15.0 Å². The highest BCUT2D eigenvalue weighted by molar-refractivity contribution is 7.10.